The fraction of sp³-hybridized carbons (Fsp3) is 0.381. The molecule has 1 atom stereocenters. The number of ether oxygens (including phenoxy) is 1. The molecule has 146 valence electrons. The number of hydrogen-bond donors (Lipinski definition) is 0. The highest BCUT2D eigenvalue weighted by Crippen LogP contribution is 2.26. The number of aromatic nitrogens is 3. The van der Waals surface area contributed by atoms with Crippen LogP contribution in [0.4, 0.5) is 0 Å². The van der Waals surface area contributed by atoms with Crippen LogP contribution in [0.25, 0.3) is 11.2 Å². The second-order valence-corrected chi connectivity index (χ2v) is 7.52. The number of benzene rings is 1. The van der Waals surface area contributed by atoms with Gasteiger partial charge in [-0.3, -0.25) is 4.79 Å². The van der Waals surface area contributed by atoms with Gasteiger partial charge in [-0.25, -0.2) is 9.97 Å². The van der Waals surface area contributed by atoms with Crippen molar-refractivity contribution in [2.75, 3.05) is 26.8 Å². The molecule has 0 saturated carbocycles. The molecule has 0 spiro atoms. The van der Waals surface area contributed by atoms with E-state index in [9.17, 15) is 4.79 Å². The van der Waals surface area contributed by atoms with Crippen LogP contribution in [0.5, 0.6) is 0 Å². The highest BCUT2D eigenvalue weighted by atomic mass is 35.5. The number of likely N-dealkylation sites (tertiary alicyclic amines) is 1. The van der Waals surface area contributed by atoms with Crippen molar-refractivity contribution in [1.29, 1.82) is 0 Å². The molecular weight excluding hydrogens is 376 g/mol. The Labute approximate surface area is 169 Å². The Balaban J connectivity index is 1.50. The molecule has 2 aromatic heterocycles. The monoisotopic (exact) mass is 398 g/mol. The summed E-state index contributed by atoms with van der Waals surface area (Å²) in [6.07, 6.45) is 3.56. The highest BCUT2D eigenvalue weighted by molar-refractivity contribution is 6.33. The van der Waals surface area contributed by atoms with Gasteiger partial charge in [0, 0.05) is 39.4 Å². The van der Waals surface area contributed by atoms with E-state index in [-0.39, 0.29) is 5.91 Å². The van der Waals surface area contributed by atoms with Gasteiger partial charge in [-0.1, -0.05) is 23.7 Å². The van der Waals surface area contributed by atoms with Crippen LogP contribution in [-0.2, 0) is 17.7 Å². The minimum atomic E-state index is 0.00246. The van der Waals surface area contributed by atoms with E-state index in [1.165, 1.54) is 0 Å². The molecule has 0 aliphatic carbocycles. The third-order valence-corrected chi connectivity index (χ3v) is 5.58. The Morgan fingerprint density at radius 1 is 1.29 bits per heavy atom. The second-order valence-electron chi connectivity index (χ2n) is 7.11. The minimum absolute atomic E-state index is 0.00246. The van der Waals surface area contributed by atoms with Gasteiger partial charge in [0.15, 0.2) is 5.65 Å². The van der Waals surface area contributed by atoms with Crippen LogP contribution in [0.1, 0.15) is 22.6 Å². The maximum absolute atomic E-state index is 12.8. The standard InChI is InChI=1S/C21H23ClN4O2/c1-28-12-11-26-19(24-18-7-4-9-23-20(18)26)13-15-8-10-25(14-15)21(27)16-5-2-3-6-17(16)22/h2-7,9,15H,8,10-14H2,1H3/t15-/m0/s1. The van der Waals surface area contributed by atoms with Gasteiger partial charge in [-0.15, -0.1) is 0 Å². The lowest BCUT2D eigenvalue weighted by molar-refractivity contribution is 0.0787. The van der Waals surface area contributed by atoms with Crippen molar-refractivity contribution in [3.05, 3.63) is 59.0 Å². The number of halogens is 1. The topological polar surface area (TPSA) is 60.2 Å². The summed E-state index contributed by atoms with van der Waals surface area (Å²) in [6.45, 7) is 2.78. The number of carbonyl (C=O) groups excluding carboxylic acids is 1. The van der Waals surface area contributed by atoms with E-state index in [1.807, 2.05) is 29.2 Å². The molecule has 4 rings (SSSR count). The molecule has 0 unspecified atom stereocenters. The lowest BCUT2D eigenvalue weighted by Crippen LogP contribution is -2.29. The number of fused-ring (bicyclic) bond motifs is 1. The van der Waals surface area contributed by atoms with Crippen molar-refractivity contribution in [3.8, 4) is 0 Å². The third-order valence-electron chi connectivity index (χ3n) is 5.25. The van der Waals surface area contributed by atoms with E-state index < -0.39 is 0 Å². The fourth-order valence-corrected chi connectivity index (χ4v) is 4.04. The zero-order valence-electron chi connectivity index (χ0n) is 15.8. The lowest BCUT2D eigenvalue weighted by atomic mass is 10.0. The Bertz CT molecular complexity index is 987. The van der Waals surface area contributed by atoms with Gasteiger partial charge >= 0.3 is 0 Å². The average molecular weight is 399 g/mol. The Morgan fingerprint density at radius 2 is 2.14 bits per heavy atom. The van der Waals surface area contributed by atoms with E-state index in [4.69, 9.17) is 21.3 Å². The summed E-state index contributed by atoms with van der Waals surface area (Å²) in [7, 11) is 1.70. The van der Waals surface area contributed by atoms with Crippen LogP contribution in [0.15, 0.2) is 42.6 Å². The van der Waals surface area contributed by atoms with Gasteiger partial charge in [0.2, 0.25) is 0 Å². The molecule has 28 heavy (non-hydrogen) atoms. The molecule has 7 heteroatoms. The number of imidazole rings is 1. The van der Waals surface area contributed by atoms with Crippen LogP contribution in [0.2, 0.25) is 5.02 Å². The normalized spacial score (nSPS) is 16.8. The number of carbonyl (C=O) groups is 1. The summed E-state index contributed by atoms with van der Waals surface area (Å²) >= 11 is 6.20. The van der Waals surface area contributed by atoms with E-state index in [1.54, 1.807) is 25.4 Å². The predicted octanol–water partition coefficient (Wildman–Crippen LogP) is 3.44. The molecule has 1 aliphatic rings. The second kappa shape index (κ2) is 8.29. The van der Waals surface area contributed by atoms with E-state index in [2.05, 4.69) is 9.55 Å². The maximum atomic E-state index is 12.8. The van der Waals surface area contributed by atoms with E-state index in [0.717, 1.165) is 36.4 Å². The molecule has 1 aromatic carbocycles. The molecule has 1 saturated heterocycles. The van der Waals surface area contributed by atoms with Crippen LogP contribution in [0.3, 0.4) is 0 Å². The van der Waals surface area contributed by atoms with Crippen LogP contribution in [0, 0.1) is 5.92 Å². The first-order valence-electron chi connectivity index (χ1n) is 9.50. The first kappa shape index (κ1) is 18.9. The summed E-state index contributed by atoms with van der Waals surface area (Å²) in [6, 6.07) is 11.1. The van der Waals surface area contributed by atoms with Gasteiger partial charge in [0.05, 0.1) is 17.2 Å². The fourth-order valence-electron chi connectivity index (χ4n) is 3.83. The van der Waals surface area contributed by atoms with Gasteiger partial charge in [0.25, 0.3) is 5.91 Å². The van der Waals surface area contributed by atoms with Crippen molar-refractivity contribution in [2.45, 2.75) is 19.4 Å². The Kier molecular flexibility index (Phi) is 5.59. The lowest BCUT2D eigenvalue weighted by Gasteiger charge is -2.17. The number of hydrogen-bond acceptors (Lipinski definition) is 4. The third kappa shape index (κ3) is 3.75. The molecular formula is C21H23ClN4O2. The molecule has 0 N–H and O–H groups in total. The number of methoxy groups -OCH3 is 1. The van der Waals surface area contributed by atoms with Crippen molar-refractivity contribution in [1.82, 2.24) is 19.4 Å². The van der Waals surface area contributed by atoms with Crippen molar-refractivity contribution >= 4 is 28.7 Å². The summed E-state index contributed by atoms with van der Waals surface area (Å²) in [5.74, 6) is 1.37. The molecule has 1 aliphatic heterocycles. The number of amides is 1. The summed E-state index contributed by atoms with van der Waals surface area (Å²) in [4.78, 5) is 24.0. The molecule has 1 fully saturated rings. The highest BCUT2D eigenvalue weighted by Gasteiger charge is 2.29. The van der Waals surface area contributed by atoms with Crippen molar-refractivity contribution in [2.24, 2.45) is 5.92 Å². The molecule has 1 amide bonds. The van der Waals surface area contributed by atoms with Crippen LogP contribution < -0.4 is 0 Å². The summed E-state index contributed by atoms with van der Waals surface area (Å²) in [5.41, 5.74) is 2.36. The van der Waals surface area contributed by atoms with E-state index >= 15 is 0 Å². The smallest absolute Gasteiger partial charge is 0.255 e. The van der Waals surface area contributed by atoms with Crippen LogP contribution in [-0.4, -0.2) is 52.1 Å². The SMILES string of the molecule is COCCn1c(C[C@@H]2CCN(C(=O)c3ccccc3Cl)C2)nc2cccnc21. The molecule has 3 heterocycles. The van der Waals surface area contributed by atoms with Crippen molar-refractivity contribution in [3.63, 3.8) is 0 Å². The predicted molar refractivity (Wildman–Crippen MR) is 109 cm³/mol. The molecule has 0 radical (unpaired) electrons. The maximum Gasteiger partial charge on any atom is 0.255 e. The quantitative estimate of drug-likeness (QED) is 0.638. The largest absolute Gasteiger partial charge is 0.383 e. The molecule has 3 aromatic rings. The molecule has 6 nitrogen and oxygen atoms in total. The average Bonchev–Trinajstić information content (AvgIpc) is 3.31. The minimum Gasteiger partial charge on any atom is -0.383 e. The Morgan fingerprint density at radius 3 is 2.96 bits per heavy atom. The van der Waals surface area contributed by atoms with Crippen molar-refractivity contribution < 1.29 is 9.53 Å². The van der Waals surface area contributed by atoms with Gasteiger partial charge in [-0.05, 0) is 36.6 Å². The summed E-state index contributed by atoms with van der Waals surface area (Å²) < 4.78 is 7.39. The number of nitrogens with zero attached hydrogens (tertiary/aromatic N) is 4. The van der Waals surface area contributed by atoms with Gasteiger partial charge in [0.1, 0.15) is 11.3 Å². The van der Waals surface area contributed by atoms with Gasteiger partial charge < -0.3 is 14.2 Å². The first-order valence-corrected chi connectivity index (χ1v) is 9.88. The zero-order valence-corrected chi connectivity index (χ0v) is 16.6. The summed E-state index contributed by atoms with van der Waals surface area (Å²) in [5, 5.41) is 0.503. The number of rotatable bonds is 6. The van der Waals surface area contributed by atoms with E-state index in [0.29, 0.717) is 36.2 Å². The number of pyridine rings is 1. The zero-order chi connectivity index (χ0) is 19.5. The van der Waals surface area contributed by atoms with Crippen LogP contribution >= 0.6 is 11.6 Å². The Hall–Kier alpha value is -2.44. The molecule has 0 bridgehead atoms. The van der Waals surface area contributed by atoms with Gasteiger partial charge in [-0.2, -0.15) is 0 Å². The first-order chi connectivity index (χ1) is 13.7.